The Morgan fingerprint density at radius 1 is 1.32 bits per heavy atom. The molecule has 1 aromatic carbocycles. The molecule has 3 N–H and O–H groups in total. The SMILES string of the molecule is C=CCCC(=O)N1CCc2c(c(NC(C)c3cc(N)cc(C(F)(F)F)c3)nc3nnc(C)n23)C1. The highest BCUT2D eigenvalue weighted by Crippen LogP contribution is 2.34. The first-order valence-electron chi connectivity index (χ1n) is 10.9. The van der Waals surface area contributed by atoms with E-state index in [1.165, 1.54) is 6.07 Å². The Labute approximate surface area is 194 Å². The summed E-state index contributed by atoms with van der Waals surface area (Å²) in [5.41, 5.74) is 7.05. The van der Waals surface area contributed by atoms with Crippen LogP contribution in [-0.4, -0.2) is 36.9 Å². The van der Waals surface area contributed by atoms with E-state index >= 15 is 0 Å². The lowest BCUT2D eigenvalue weighted by molar-refractivity contribution is -0.137. The second-order valence-corrected chi connectivity index (χ2v) is 8.41. The van der Waals surface area contributed by atoms with Gasteiger partial charge >= 0.3 is 6.18 Å². The molecule has 180 valence electrons. The van der Waals surface area contributed by atoms with Crippen molar-refractivity contribution in [3.63, 3.8) is 0 Å². The fourth-order valence-corrected chi connectivity index (χ4v) is 4.21. The van der Waals surface area contributed by atoms with Gasteiger partial charge in [0, 0.05) is 36.3 Å². The van der Waals surface area contributed by atoms with Crippen molar-refractivity contribution in [2.75, 3.05) is 17.6 Å². The van der Waals surface area contributed by atoms with Crippen LogP contribution in [0.5, 0.6) is 0 Å². The number of anilines is 2. The molecule has 4 rings (SSSR count). The molecule has 34 heavy (non-hydrogen) atoms. The summed E-state index contributed by atoms with van der Waals surface area (Å²) < 4.78 is 41.8. The van der Waals surface area contributed by atoms with Crippen molar-refractivity contribution < 1.29 is 18.0 Å². The lowest BCUT2D eigenvalue weighted by Gasteiger charge is -2.31. The zero-order valence-corrected chi connectivity index (χ0v) is 19.0. The Hall–Kier alpha value is -3.63. The summed E-state index contributed by atoms with van der Waals surface area (Å²) in [5, 5.41) is 11.5. The number of aryl methyl sites for hydroxylation is 1. The largest absolute Gasteiger partial charge is 0.416 e. The van der Waals surface area contributed by atoms with Crippen molar-refractivity contribution in [3.8, 4) is 0 Å². The molecule has 0 saturated heterocycles. The van der Waals surface area contributed by atoms with Gasteiger partial charge in [0.1, 0.15) is 11.6 Å². The maximum Gasteiger partial charge on any atom is 0.416 e. The zero-order valence-electron chi connectivity index (χ0n) is 19.0. The highest BCUT2D eigenvalue weighted by atomic mass is 19.4. The summed E-state index contributed by atoms with van der Waals surface area (Å²) in [7, 11) is 0. The van der Waals surface area contributed by atoms with E-state index in [9.17, 15) is 18.0 Å². The number of fused-ring (bicyclic) bond motifs is 3. The minimum atomic E-state index is -4.51. The molecule has 0 saturated carbocycles. The number of carbonyl (C=O) groups excluding carboxylic acids is 1. The normalized spacial score (nSPS) is 14.7. The summed E-state index contributed by atoms with van der Waals surface area (Å²) in [5.74, 6) is 1.53. The Bertz CT molecular complexity index is 1250. The minimum absolute atomic E-state index is 0.00998. The number of benzene rings is 1. The van der Waals surface area contributed by atoms with Crippen LogP contribution < -0.4 is 11.1 Å². The van der Waals surface area contributed by atoms with E-state index in [1.54, 1.807) is 17.9 Å². The lowest BCUT2D eigenvalue weighted by Crippen LogP contribution is -2.37. The summed E-state index contributed by atoms with van der Waals surface area (Å²) in [6.07, 6.45) is -1.28. The van der Waals surface area contributed by atoms with Gasteiger partial charge in [-0.05, 0) is 44.0 Å². The molecule has 11 heteroatoms. The van der Waals surface area contributed by atoms with Gasteiger partial charge in [0.2, 0.25) is 5.91 Å². The van der Waals surface area contributed by atoms with Crippen LogP contribution in [0.15, 0.2) is 30.9 Å². The van der Waals surface area contributed by atoms with Gasteiger partial charge < -0.3 is 16.0 Å². The number of nitrogens with two attached hydrogens (primary N) is 1. The highest BCUT2D eigenvalue weighted by molar-refractivity contribution is 5.77. The van der Waals surface area contributed by atoms with E-state index in [1.807, 2.05) is 11.3 Å². The van der Waals surface area contributed by atoms with Crippen molar-refractivity contribution in [2.45, 2.75) is 51.9 Å². The molecule has 0 fully saturated rings. The zero-order chi connectivity index (χ0) is 24.6. The van der Waals surface area contributed by atoms with E-state index in [0.29, 0.717) is 55.3 Å². The van der Waals surface area contributed by atoms with Crippen molar-refractivity contribution >= 4 is 23.2 Å². The van der Waals surface area contributed by atoms with Crippen LogP contribution in [0.4, 0.5) is 24.7 Å². The predicted octanol–water partition coefficient (Wildman–Crippen LogP) is 4.06. The van der Waals surface area contributed by atoms with Crippen LogP contribution in [0.3, 0.4) is 0 Å². The topological polar surface area (TPSA) is 101 Å². The number of nitrogens with one attached hydrogen (secondary N) is 1. The summed E-state index contributed by atoms with van der Waals surface area (Å²) >= 11 is 0. The number of hydrogen-bond acceptors (Lipinski definition) is 6. The number of nitrogen functional groups attached to an aromatic ring is 1. The van der Waals surface area contributed by atoms with Crippen molar-refractivity contribution in [2.24, 2.45) is 0 Å². The molecule has 1 atom stereocenters. The van der Waals surface area contributed by atoms with Crippen LogP contribution in [0, 0.1) is 6.92 Å². The maximum atomic E-state index is 13.3. The number of hydrogen-bond donors (Lipinski definition) is 2. The number of nitrogens with zero attached hydrogens (tertiary/aromatic N) is 5. The molecule has 3 heterocycles. The standard InChI is InChI=1S/C23H26F3N7O/c1-4-5-6-20(34)32-8-7-19-18(12-32)21(29-22-31-30-14(3)33(19)22)28-13(2)15-9-16(23(24,25)26)11-17(27)10-15/h4,9-11,13H,1,5-8,12,27H2,2-3H3,(H,28,29,31). The molecule has 1 amide bonds. The van der Waals surface area contributed by atoms with Crippen LogP contribution in [-0.2, 0) is 23.9 Å². The fraction of sp³-hybridized carbons (Fsp3) is 0.391. The minimum Gasteiger partial charge on any atom is -0.399 e. The molecule has 1 unspecified atom stereocenters. The van der Waals surface area contributed by atoms with Crippen molar-refractivity contribution in [1.82, 2.24) is 24.5 Å². The summed E-state index contributed by atoms with van der Waals surface area (Å²) in [6, 6.07) is 2.95. The van der Waals surface area contributed by atoms with Gasteiger partial charge in [0.15, 0.2) is 0 Å². The van der Waals surface area contributed by atoms with E-state index in [-0.39, 0.29) is 11.6 Å². The van der Waals surface area contributed by atoms with Crippen molar-refractivity contribution in [3.05, 3.63) is 59.1 Å². The molecular formula is C23H26F3N7O. The molecule has 3 aromatic rings. The van der Waals surface area contributed by atoms with E-state index < -0.39 is 17.8 Å². The van der Waals surface area contributed by atoms with Crippen LogP contribution in [0.1, 0.15) is 54.0 Å². The van der Waals surface area contributed by atoms with Crippen molar-refractivity contribution in [1.29, 1.82) is 0 Å². The van der Waals surface area contributed by atoms with Gasteiger partial charge in [-0.1, -0.05) is 6.08 Å². The third kappa shape index (κ3) is 4.55. The Morgan fingerprint density at radius 2 is 2.09 bits per heavy atom. The first-order valence-corrected chi connectivity index (χ1v) is 10.9. The second-order valence-electron chi connectivity index (χ2n) is 8.41. The number of alkyl halides is 3. The molecule has 0 radical (unpaired) electrons. The van der Waals surface area contributed by atoms with Gasteiger partial charge in [0.25, 0.3) is 5.78 Å². The number of halogens is 3. The van der Waals surface area contributed by atoms with E-state index in [2.05, 4.69) is 27.1 Å². The molecule has 1 aliphatic rings. The molecule has 0 bridgehead atoms. The van der Waals surface area contributed by atoms with E-state index in [0.717, 1.165) is 23.4 Å². The monoisotopic (exact) mass is 473 g/mol. The summed E-state index contributed by atoms with van der Waals surface area (Å²) in [4.78, 5) is 19.0. The van der Waals surface area contributed by atoms with Crippen LogP contribution in [0.2, 0.25) is 0 Å². The number of allylic oxidation sites excluding steroid dienone is 1. The maximum absolute atomic E-state index is 13.3. The van der Waals surface area contributed by atoms with Gasteiger partial charge in [-0.25, -0.2) is 0 Å². The smallest absolute Gasteiger partial charge is 0.399 e. The number of rotatable bonds is 6. The highest BCUT2D eigenvalue weighted by Gasteiger charge is 2.32. The average molecular weight is 474 g/mol. The van der Waals surface area contributed by atoms with Gasteiger partial charge in [-0.15, -0.1) is 16.8 Å². The third-order valence-electron chi connectivity index (χ3n) is 5.96. The lowest BCUT2D eigenvalue weighted by atomic mass is 10.0. The molecule has 0 spiro atoms. The van der Waals surface area contributed by atoms with Gasteiger partial charge in [0.05, 0.1) is 18.2 Å². The Morgan fingerprint density at radius 3 is 2.79 bits per heavy atom. The van der Waals surface area contributed by atoms with Gasteiger partial charge in [-0.2, -0.15) is 18.2 Å². The quantitative estimate of drug-likeness (QED) is 0.414. The number of carbonyl (C=O) groups is 1. The molecular weight excluding hydrogens is 447 g/mol. The Balaban J connectivity index is 1.71. The Kier molecular flexibility index (Phi) is 6.20. The first-order chi connectivity index (χ1) is 16.1. The molecule has 1 aliphatic heterocycles. The first kappa shape index (κ1) is 23.5. The number of amides is 1. The predicted molar refractivity (Wildman–Crippen MR) is 122 cm³/mol. The number of aromatic nitrogens is 4. The van der Waals surface area contributed by atoms with Crippen LogP contribution in [0.25, 0.3) is 5.78 Å². The van der Waals surface area contributed by atoms with Crippen LogP contribution >= 0.6 is 0 Å². The average Bonchev–Trinajstić information content (AvgIpc) is 3.16. The molecule has 8 nitrogen and oxygen atoms in total. The summed E-state index contributed by atoms with van der Waals surface area (Å²) in [6.45, 7) is 8.09. The molecule has 0 aliphatic carbocycles. The van der Waals surface area contributed by atoms with Gasteiger partial charge in [-0.3, -0.25) is 9.20 Å². The fourth-order valence-electron chi connectivity index (χ4n) is 4.21. The molecule has 2 aromatic heterocycles. The van der Waals surface area contributed by atoms with E-state index in [4.69, 9.17) is 5.73 Å². The third-order valence-corrected chi connectivity index (χ3v) is 5.96. The second kappa shape index (κ2) is 8.96.